The monoisotopic (exact) mass is 242 g/mol. The van der Waals surface area contributed by atoms with Crippen LogP contribution < -0.4 is 5.73 Å². The molecule has 1 heterocycles. The fraction of sp³-hybridized carbons (Fsp3) is 0.455. The fourth-order valence-electron chi connectivity index (χ4n) is 1.49. The summed E-state index contributed by atoms with van der Waals surface area (Å²) in [7, 11) is 0. The first kappa shape index (κ1) is 12.9. The summed E-state index contributed by atoms with van der Waals surface area (Å²) in [5.74, 6) is -1.03. The highest BCUT2D eigenvalue weighted by molar-refractivity contribution is 6.29. The zero-order valence-corrected chi connectivity index (χ0v) is 10.2. The number of nitrogens with two attached hydrogens (primary N) is 1. The number of carboxylic acids is 1. The molecule has 0 fully saturated rings. The van der Waals surface area contributed by atoms with Crippen LogP contribution in [0, 0.1) is 6.92 Å². The van der Waals surface area contributed by atoms with E-state index in [0.29, 0.717) is 5.15 Å². The lowest BCUT2D eigenvalue weighted by Crippen LogP contribution is -2.46. The Morgan fingerprint density at radius 1 is 1.56 bits per heavy atom. The van der Waals surface area contributed by atoms with Crippen molar-refractivity contribution in [3.63, 3.8) is 0 Å². The smallest absolute Gasteiger partial charge is 0.321 e. The predicted octanol–water partition coefficient (Wildman–Crippen LogP) is 1.73. The van der Waals surface area contributed by atoms with Gasteiger partial charge in [-0.3, -0.25) is 4.79 Å². The van der Waals surface area contributed by atoms with Crippen molar-refractivity contribution in [3.8, 4) is 0 Å². The molecule has 3 N–H and O–H groups in total. The number of pyridine rings is 1. The van der Waals surface area contributed by atoms with Crippen molar-refractivity contribution in [2.24, 2.45) is 5.73 Å². The van der Waals surface area contributed by atoms with Gasteiger partial charge in [-0.2, -0.15) is 0 Å². The van der Waals surface area contributed by atoms with Gasteiger partial charge in [-0.05, 0) is 24.6 Å². The molecule has 1 aromatic heterocycles. The van der Waals surface area contributed by atoms with Crippen LogP contribution in [-0.2, 0) is 10.2 Å². The Morgan fingerprint density at radius 3 is 2.56 bits per heavy atom. The van der Waals surface area contributed by atoms with Gasteiger partial charge in [-0.15, -0.1) is 0 Å². The van der Waals surface area contributed by atoms with Gasteiger partial charge in [0.15, 0.2) is 0 Å². The van der Waals surface area contributed by atoms with Gasteiger partial charge < -0.3 is 10.8 Å². The molecule has 0 saturated heterocycles. The molecule has 1 aromatic rings. The molecule has 1 unspecified atom stereocenters. The van der Waals surface area contributed by atoms with Crippen molar-refractivity contribution < 1.29 is 9.90 Å². The second-order valence-corrected chi connectivity index (χ2v) is 4.74. The molecule has 0 amide bonds. The first-order valence-electron chi connectivity index (χ1n) is 4.88. The van der Waals surface area contributed by atoms with Crippen LogP contribution in [0.3, 0.4) is 0 Å². The highest BCUT2D eigenvalue weighted by atomic mass is 35.5. The van der Waals surface area contributed by atoms with Crippen molar-refractivity contribution in [2.45, 2.75) is 32.2 Å². The lowest BCUT2D eigenvalue weighted by molar-refractivity contribution is -0.140. The third-order valence-corrected chi connectivity index (χ3v) is 2.90. The summed E-state index contributed by atoms with van der Waals surface area (Å²) in [4.78, 5) is 14.9. The molecule has 1 rings (SSSR count). The summed E-state index contributed by atoms with van der Waals surface area (Å²) < 4.78 is 0. The van der Waals surface area contributed by atoms with Crippen molar-refractivity contribution in [2.75, 3.05) is 0 Å². The lowest BCUT2D eigenvalue weighted by Gasteiger charge is -2.29. The SMILES string of the molecule is Cc1cc(C(C)(C)C(N)C(=O)O)cc(Cl)n1. The van der Waals surface area contributed by atoms with Gasteiger partial charge in [0.2, 0.25) is 0 Å². The van der Waals surface area contributed by atoms with E-state index in [9.17, 15) is 4.79 Å². The molecule has 0 saturated carbocycles. The molecule has 4 nitrogen and oxygen atoms in total. The fourth-order valence-corrected chi connectivity index (χ4v) is 1.74. The van der Waals surface area contributed by atoms with Crippen molar-refractivity contribution in [1.29, 1.82) is 0 Å². The zero-order valence-electron chi connectivity index (χ0n) is 9.49. The summed E-state index contributed by atoms with van der Waals surface area (Å²) in [6.07, 6.45) is 0. The quantitative estimate of drug-likeness (QED) is 0.792. The molecule has 0 spiro atoms. The van der Waals surface area contributed by atoms with Crippen LogP contribution in [-0.4, -0.2) is 22.1 Å². The van der Waals surface area contributed by atoms with E-state index in [-0.39, 0.29) is 0 Å². The molecule has 0 aliphatic carbocycles. The van der Waals surface area contributed by atoms with Gasteiger partial charge in [0.05, 0.1) is 0 Å². The van der Waals surface area contributed by atoms with Crippen LogP contribution in [0.2, 0.25) is 5.15 Å². The maximum Gasteiger partial charge on any atom is 0.321 e. The van der Waals surface area contributed by atoms with E-state index >= 15 is 0 Å². The second kappa shape index (κ2) is 4.39. The highest BCUT2D eigenvalue weighted by Crippen LogP contribution is 2.28. The van der Waals surface area contributed by atoms with Gasteiger partial charge >= 0.3 is 5.97 Å². The standard InChI is InChI=1S/C11H15ClN2O2/c1-6-4-7(5-8(12)14-6)11(2,3)9(13)10(15)16/h4-5,9H,13H2,1-3H3,(H,15,16). The van der Waals surface area contributed by atoms with Gasteiger partial charge in [-0.1, -0.05) is 25.4 Å². The van der Waals surface area contributed by atoms with Crippen LogP contribution in [0.4, 0.5) is 0 Å². The van der Waals surface area contributed by atoms with Crippen LogP contribution in [0.15, 0.2) is 12.1 Å². The van der Waals surface area contributed by atoms with Gasteiger partial charge in [0.25, 0.3) is 0 Å². The number of carboxylic acid groups (broad SMARTS) is 1. The summed E-state index contributed by atoms with van der Waals surface area (Å²) in [6.45, 7) is 5.35. The third-order valence-electron chi connectivity index (χ3n) is 2.71. The molecule has 0 aliphatic heterocycles. The van der Waals surface area contributed by atoms with Crippen molar-refractivity contribution in [1.82, 2.24) is 4.98 Å². The molecule has 0 radical (unpaired) electrons. The number of aromatic nitrogens is 1. The molecular weight excluding hydrogens is 228 g/mol. The Bertz CT molecular complexity index is 398. The first-order chi connectivity index (χ1) is 7.25. The van der Waals surface area contributed by atoms with E-state index in [0.717, 1.165) is 11.3 Å². The number of aliphatic carboxylic acids is 1. The van der Waals surface area contributed by atoms with Crippen LogP contribution in [0.5, 0.6) is 0 Å². The first-order valence-corrected chi connectivity index (χ1v) is 5.26. The molecule has 1 atom stereocenters. The Labute approximate surface area is 99.4 Å². The van der Waals surface area contributed by atoms with E-state index in [2.05, 4.69) is 4.98 Å². The molecule has 88 valence electrons. The lowest BCUT2D eigenvalue weighted by atomic mass is 9.78. The van der Waals surface area contributed by atoms with E-state index in [1.165, 1.54) is 0 Å². The summed E-state index contributed by atoms with van der Waals surface area (Å²) in [5.41, 5.74) is 6.49. The summed E-state index contributed by atoms with van der Waals surface area (Å²) in [5, 5.41) is 9.29. The topological polar surface area (TPSA) is 76.2 Å². The number of hydrogen-bond acceptors (Lipinski definition) is 3. The van der Waals surface area contributed by atoms with E-state index < -0.39 is 17.4 Å². The van der Waals surface area contributed by atoms with Crippen LogP contribution >= 0.6 is 11.6 Å². The van der Waals surface area contributed by atoms with E-state index in [4.69, 9.17) is 22.4 Å². The van der Waals surface area contributed by atoms with Crippen molar-refractivity contribution in [3.05, 3.63) is 28.5 Å². The number of rotatable bonds is 3. The predicted molar refractivity (Wildman–Crippen MR) is 62.6 cm³/mol. The van der Waals surface area contributed by atoms with Crippen LogP contribution in [0.1, 0.15) is 25.1 Å². The largest absolute Gasteiger partial charge is 0.480 e. The number of hydrogen-bond donors (Lipinski definition) is 2. The van der Waals surface area contributed by atoms with E-state index in [1.54, 1.807) is 32.9 Å². The van der Waals surface area contributed by atoms with Crippen molar-refractivity contribution >= 4 is 17.6 Å². The van der Waals surface area contributed by atoms with Crippen LogP contribution in [0.25, 0.3) is 0 Å². The number of carbonyl (C=O) groups is 1. The Balaban J connectivity index is 3.20. The minimum Gasteiger partial charge on any atom is -0.480 e. The second-order valence-electron chi connectivity index (χ2n) is 4.36. The maximum atomic E-state index is 10.9. The summed E-state index contributed by atoms with van der Waals surface area (Å²) in [6, 6.07) is 2.47. The zero-order chi connectivity index (χ0) is 12.5. The third kappa shape index (κ3) is 2.51. The molecular formula is C11H15ClN2O2. The minimum absolute atomic E-state index is 0.348. The molecule has 5 heteroatoms. The Kier molecular flexibility index (Phi) is 3.55. The molecule has 0 aliphatic rings. The van der Waals surface area contributed by atoms with E-state index in [1.807, 2.05) is 0 Å². The van der Waals surface area contributed by atoms with Gasteiger partial charge in [0.1, 0.15) is 11.2 Å². The normalized spacial score (nSPS) is 13.6. The van der Waals surface area contributed by atoms with Gasteiger partial charge in [0, 0.05) is 11.1 Å². The average Bonchev–Trinajstić information content (AvgIpc) is 2.14. The summed E-state index contributed by atoms with van der Waals surface area (Å²) >= 11 is 5.84. The number of halogens is 1. The average molecular weight is 243 g/mol. The number of aryl methyl sites for hydroxylation is 1. The molecule has 0 aromatic carbocycles. The van der Waals surface area contributed by atoms with Gasteiger partial charge in [-0.25, -0.2) is 4.98 Å². The minimum atomic E-state index is -1.03. The molecule has 0 bridgehead atoms. The highest BCUT2D eigenvalue weighted by Gasteiger charge is 2.34. The maximum absolute atomic E-state index is 10.9. The number of nitrogens with zero attached hydrogens (tertiary/aromatic N) is 1. The Hall–Kier alpha value is -1.13. The molecule has 16 heavy (non-hydrogen) atoms. The Morgan fingerprint density at radius 2 is 2.12 bits per heavy atom.